The Morgan fingerprint density at radius 1 is 1.05 bits per heavy atom. The number of H-pyrrole nitrogens is 1. The van der Waals surface area contributed by atoms with Gasteiger partial charge in [-0.2, -0.15) is 15.4 Å². The van der Waals surface area contributed by atoms with Gasteiger partial charge in [0.25, 0.3) is 0 Å². The van der Waals surface area contributed by atoms with Crippen molar-refractivity contribution < 1.29 is 4.39 Å². The van der Waals surface area contributed by atoms with E-state index >= 15 is 0 Å². The zero-order valence-corrected chi connectivity index (χ0v) is 11.6. The number of thiazole rings is 1. The summed E-state index contributed by atoms with van der Waals surface area (Å²) in [6.07, 6.45) is 0. The molecule has 2 heterocycles. The summed E-state index contributed by atoms with van der Waals surface area (Å²) in [6, 6.07) is 10.4. The van der Waals surface area contributed by atoms with Gasteiger partial charge in [-0.1, -0.05) is 0 Å². The van der Waals surface area contributed by atoms with E-state index in [9.17, 15) is 4.39 Å². The SMILES string of the molecule is Fc1ccc2nc(CNc3ccc4n[nH]nc4c3)sc2c1. The van der Waals surface area contributed by atoms with Crippen molar-refractivity contribution >= 4 is 38.3 Å². The van der Waals surface area contributed by atoms with Crippen LogP contribution in [0.15, 0.2) is 36.4 Å². The van der Waals surface area contributed by atoms with Crippen molar-refractivity contribution in [1.82, 2.24) is 20.4 Å². The molecule has 2 aromatic heterocycles. The van der Waals surface area contributed by atoms with E-state index in [-0.39, 0.29) is 5.82 Å². The van der Waals surface area contributed by atoms with Crippen LogP contribution in [-0.2, 0) is 6.54 Å². The van der Waals surface area contributed by atoms with Gasteiger partial charge in [0.15, 0.2) is 0 Å². The van der Waals surface area contributed by atoms with Gasteiger partial charge in [-0.25, -0.2) is 9.37 Å². The van der Waals surface area contributed by atoms with Gasteiger partial charge in [-0.15, -0.1) is 11.3 Å². The quantitative estimate of drug-likeness (QED) is 0.609. The van der Waals surface area contributed by atoms with Crippen LogP contribution in [0, 0.1) is 5.82 Å². The fraction of sp³-hybridized carbons (Fsp3) is 0.0714. The molecular formula is C14H10FN5S. The number of nitrogens with zero attached hydrogens (tertiary/aromatic N) is 3. The fourth-order valence-corrected chi connectivity index (χ4v) is 3.08. The van der Waals surface area contributed by atoms with E-state index in [1.165, 1.54) is 23.5 Å². The first-order valence-corrected chi connectivity index (χ1v) is 7.19. The highest BCUT2D eigenvalue weighted by atomic mass is 32.1. The van der Waals surface area contributed by atoms with Crippen LogP contribution in [0.1, 0.15) is 5.01 Å². The monoisotopic (exact) mass is 299 g/mol. The van der Waals surface area contributed by atoms with Crippen LogP contribution >= 0.6 is 11.3 Å². The summed E-state index contributed by atoms with van der Waals surface area (Å²) in [6.45, 7) is 0.588. The molecule has 0 aliphatic carbocycles. The smallest absolute Gasteiger partial charge is 0.124 e. The molecule has 4 rings (SSSR count). The number of halogens is 1. The predicted molar refractivity (Wildman–Crippen MR) is 80.8 cm³/mol. The van der Waals surface area contributed by atoms with Crippen molar-refractivity contribution in [1.29, 1.82) is 0 Å². The van der Waals surface area contributed by atoms with Crippen LogP contribution in [0.5, 0.6) is 0 Å². The number of nitrogens with one attached hydrogen (secondary N) is 2. The van der Waals surface area contributed by atoms with Gasteiger partial charge in [0, 0.05) is 5.69 Å². The van der Waals surface area contributed by atoms with E-state index in [0.29, 0.717) is 6.54 Å². The molecular weight excluding hydrogens is 289 g/mol. The maximum Gasteiger partial charge on any atom is 0.124 e. The van der Waals surface area contributed by atoms with Gasteiger partial charge in [0.2, 0.25) is 0 Å². The number of hydrogen-bond acceptors (Lipinski definition) is 5. The van der Waals surface area contributed by atoms with E-state index in [2.05, 4.69) is 25.7 Å². The topological polar surface area (TPSA) is 66.5 Å². The lowest BCUT2D eigenvalue weighted by Gasteiger charge is -2.03. The molecule has 5 nitrogen and oxygen atoms in total. The third-order valence-electron chi connectivity index (χ3n) is 3.15. The predicted octanol–water partition coefficient (Wildman–Crippen LogP) is 3.32. The third kappa shape index (κ3) is 2.31. The molecule has 7 heteroatoms. The summed E-state index contributed by atoms with van der Waals surface area (Å²) in [4.78, 5) is 4.48. The zero-order chi connectivity index (χ0) is 14.2. The van der Waals surface area contributed by atoms with E-state index in [1.807, 2.05) is 18.2 Å². The molecule has 4 aromatic rings. The average Bonchev–Trinajstić information content (AvgIpc) is 3.09. The molecule has 0 saturated heterocycles. The molecule has 0 aliphatic rings. The first kappa shape index (κ1) is 12.2. The Bertz CT molecular complexity index is 929. The zero-order valence-electron chi connectivity index (χ0n) is 10.8. The van der Waals surface area contributed by atoms with E-state index in [1.54, 1.807) is 6.07 Å². The van der Waals surface area contributed by atoms with Gasteiger partial charge >= 0.3 is 0 Å². The molecule has 0 fully saturated rings. The van der Waals surface area contributed by atoms with Crippen LogP contribution in [0.3, 0.4) is 0 Å². The standard InChI is InChI=1S/C14H10FN5S/c15-8-1-3-11-13(5-8)21-14(17-11)7-16-9-2-4-10-12(6-9)19-20-18-10/h1-6,16H,7H2,(H,18,19,20). The molecule has 2 aromatic carbocycles. The highest BCUT2D eigenvalue weighted by Crippen LogP contribution is 2.24. The summed E-state index contributed by atoms with van der Waals surface area (Å²) < 4.78 is 14.0. The van der Waals surface area contributed by atoms with Crippen LogP contribution in [0.2, 0.25) is 0 Å². The molecule has 104 valence electrons. The molecule has 0 aliphatic heterocycles. The van der Waals surface area contributed by atoms with Crippen molar-refractivity contribution in [2.45, 2.75) is 6.54 Å². The summed E-state index contributed by atoms with van der Waals surface area (Å²) in [7, 11) is 0. The summed E-state index contributed by atoms with van der Waals surface area (Å²) in [5.74, 6) is -0.234. The number of aromatic amines is 1. The summed E-state index contributed by atoms with van der Waals surface area (Å²) in [5, 5.41) is 14.8. The lowest BCUT2D eigenvalue weighted by molar-refractivity contribution is 0.630. The second-order valence-corrected chi connectivity index (χ2v) is 5.72. The van der Waals surface area contributed by atoms with Crippen molar-refractivity contribution in [2.24, 2.45) is 0 Å². The molecule has 0 bridgehead atoms. The highest BCUT2D eigenvalue weighted by Gasteiger charge is 2.05. The average molecular weight is 299 g/mol. The van der Waals surface area contributed by atoms with Crippen LogP contribution in [-0.4, -0.2) is 20.4 Å². The summed E-state index contributed by atoms with van der Waals surface area (Å²) >= 11 is 1.49. The second kappa shape index (κ2) is 4.78. The normalized spacial score (nSPS) is 11.3. The maximum atomic E-state index is 13.2. The van der Waals surface area contributed by atoms with Crippen molar-refractivity contribution in [3.63, 3.8) is 0 Å². The van der Waals surface area contributed by atoms with Crippen molar-refractivity contribution in [2.75, 3.05) is 5.32 Å². The Labute approximate surface area is 122 Å². The van der Waals surface area contributed by atoms with Crippen LogP contribution in [0.4, 0.5) is 10.1 Å². The van der Waals surface area contributed by atoms with E-state index < -0.39 is 0 Å². The van der Waals surface area contributed by atoms with Gasteiger partial charge in [0.1, 0.15) is 21.9 Å². The van der Waals surface area contributed by atoms with Gasteiger partial charge in [0.05, 0.1) is 16.8 Å². The number of hydrogen-bond donors (Lipinski definition) is 2. The Hall–Kier alpha value is -2.54. The van der Waals surface area contributed by atoms with Gasteiger partial charge in [-0.3, -0.25) is 0 Å². The number of aromatic nitrogens is 4. The molecule has 0 saturated carbocycles. The minimum Gasteiger partial charge on any atom is -0.378 e. The summed E-state index contributed by atoms with van der Waals surface area (Å²) in [5.41, 5.74) is 3.41. The van der Waals surface area contributed by atoms with Gasteiger partial charge in [-0.05, 0) is 36.4 Å². The first-order chi connectivity index (χ1) is 10.3. The minimum absolute atomic E-state index is 0.234. The van der Waals surface area contributed by atoms with E-state index in [0.717, 1.165) is 31.9 Å². The van der Waals surface area contributed by atoms with Crippen LogP contribution < -0.4 is 5.32 Å². The lowest BCUT2D eigenvalue weighted by Crippen LogP contribution is -1.98. The molecule has 2 N–H and O–H groups in total. The number of benzene rings is 2. The third-order valence-corrected chi connectivity index (χ3v) is 4.17. The highest BCUT2D eigenvalue weighted by molar-refractivity contribution is 7.18. The van der Waals surface area contributed by atoms with Crippen LogP contribution in [0.25, 0.3) is 21.3 Å². The number of anilines is 1. The number of rotatable bonds is 3. The molecule has 0 amide bonds. The van der Waals surface area contributed by atoms with Crippen molar-refractivity contribution in [3.8, 4) is 0 Å². The molecule has 0 spiro atoms. The fourth-order valence-electron chi connectivity index (χ4n) is 2.15. The second-order valence-electron chi connectivity index (χ2n) is 4.60. The maximum absolute atomic E-state index is 13.2. The number of fused-ring (bicyclic) bond motifs is 2. The molecule has 21 heavy (non-hydrogen) atoms. The Balaban J connectivity index is 1.56. The van der Waals surface area contributed by atoms with E-state index in [4.69, 9.17) is 0 Å². The Morgan fingerprint density at radius 2 is 1.90 bits per heavy atom. The molecule has 0 unspecified atom stereocenters. The molecule has 0 radical (unpaired) electrons. The largest absolute Gasteiger partial charge is 0.378 e. The Morgan fingerprint density at radius 3 is 2.86 bits per heavy atom. The van der Waals surface area contributed by atoms with Gasteiger partial charge < -0.3 is 5.32 Å². The Kier molecular flexibility index (Phi) is 2.78. The van der Waals surface area contributed by atoms with Crippen molar-refractivity contribution in [3.05, 3.63) is 47.2 Å². The lowest BCUT2D eigenvalue weighted by atomic mass is 10.3. The first-order valence-electron chi connectivity index (χ1n) is 6.37. The molecule has 0 atom stereocenters. The minimum atomic E-state index is -0.234.